The van der Waals surface area contributed by atoms with Crippen LogP contribution in [0.25, 0.3) is 0 Å². The van der Waals surface area contributed by atoms with Crippen molar-refractivity contribution in [3.8, 4) is 12.1 Å². The van der Waals surface area contributed by atoms with Crippen molar-refractivity contribution in [1.29, 1.82) is 10.5 Å². The third-order valence-corrected chi connectivity index (χ3v) is 2.47. The quantitative estimate of drug-likeness (QED) is 0.349. The molecule has 0 saturated carbocycles. The highest BCUT2D eigenvalue weighted by atomic mass is 15.4. The third-order valence-electron chi connectivity index (χ3n) is 2.47. The maximum atomic E-state index is 8.35. The van der Waals surface area contributed by atoms with Gasteiger partial charge in [-0.25, -0.2) is 5.01 Å². The van der Waals surface area contributed by atoms with Gasteiger partial charge in [0.15, 0.2) is 0 Å². The zero-order valence-electron chi connectivity index (χ0n) is 9.99. The van der Waals surface area contributed by atoms with Crippen molar-refractivity contribution in [2.75, 3.05) is 13.1 Å². The Kier molecular flexibility index (Phi) is 11.1. The van der Waals surface area contributed by atoms with Gasteiger partial charge in [0.1, 0.15) is 0 Å². The van der Waals surface area contributed by atoms with E-state index < -0.39 is 0 Å². The van der Waals surface area contributed by atoms with E-state index in [2.05, 4.69) is 12.1 Å². The van der Waals surface area contributed by atoms with Crippen LogP contribution < -0.4 is 5.84 Å². The summed E-state index contributed by atoms with van der Waals surface area (Å²) in [5, 5.41) is 18.6. The van der Waals surface area contributed by atoms with Gasteiger partial charge < -0.3 is 0 Å². The minimum Gasteiger partial charge on any atom is -0.269 e. The summed E-state index contributed by atoms with van der Waals surface area (Å²) in [5.41, 5.74) is 0. The van der Waals surface area contributed by atoms with Crippen molar-refractivity contribution in [3.63, 3.8) is 0 Å². The molecule has 0 radical (unpaired) electrons. The van der Waals surface area contributed by atoms with Gasteiger partial charge in [-0.2, -0.15) is 10.5 Å². The number of hydrazine groups is 1. The zero-order valence-corrected chi connectivity index (χ0v) is 9.99. The molecule has 4 nitrogen and oxygen atoms in total. The van der Waals surface area contributed by atoms with Gasteiger partial charge in [0.2, 0.25) is 0 Å². The Morgan fingerprint density at radius 3 is 1.56 bits per heavy atom. The number of nitriles is 2. The number of nitrogens with two attached hydrogens (primary N) is 1. The Labute approximate surface area is 98.6 Å². The summed E-state index contributed by atoms with van der Waals surface area (Å²) in [7, 11) is 0. The molecule has 0 aliphatic rings. The lowest BCUT2D eigenvalue weighted by molar-refractivity contribution is 0.269. The Bertz CT molecular complexity index is 202. The molecule has 0 aromatic heterocycles. The van der Waals surface area contributed by atoms with Crippen molar-refractivity contribution in [2.45, 2.75) is 51.4 Å². The van der Waals surface area contributed by atoms with E-state index >= 15 is 0 Å². The van der Waals surface area contributed by atoms with Gasteiger partial charge in [-0.05, 0) is 25.7 Å². The van der Waals surface area contributed by atoms with Gasteiger partial charge >= 0.3 is 0 Å². The minimum atomic E-state index is 0.652. The van der Waals surface area contributed by atoms with Gasteiger partial charge in [-0.15, -0.1) is 0 Å². The first-order valence-corrected chi connectivity index (χ1v) is 6.04. The summed E-state index contributed by atoms with van der Waals surface area (Å²) in [4.78, 5) is 0. The lowest BCUT2D eigenvalue weighted by atomic mass is 10.2. The van der Waals surface area contributed by atoms with Crippen LogP contribution in [0.15, 0.2) is 0 Å². The van der Waals surface area contributed by atoms with Gasteiger partial charge in [0, 0.05) is 25.9 Å². The Balaban J connectivity index is 3.16. The fourth-order valence-electron chi connectivity index (χ4n) is 1.50. The lowest BCUT2D eigenvalue weighted by Gasteiger charge is -2.15. The molecule has 4 heteroatoms. The zero-order chi connectivity index (χ0) is 12.1. The van der Waals surface area contributed by atoms with E-state index in [0.29, 0.717) is 12.8 Å². The fraction of sp³-hybridized carbons (Fsp3) is 0.833. The smallest absolute Gasteiger partial charge is 0.0621 e. The standard InChI is InChI=1S/C12H22N4/c13-9-5-1-3-7-11-16(15)12-8-4-2-6-10-14/h1-8,11-12,15H2. The number of unbranched alkanes of at least 4 members (excludes halogenated alkanes) is 6. The Morgan fingerprint density at radius 1 is 0.750 bits per heavy atom. The molecule has 0 aliphatic heterocycles. The maximum Gasteiger partial charge on any atom is 0.0621 e. The van der Waals surface area contributed by atoms with Crippen LogP contribution >= 0.6 is 0 Å². The summed E-state index contributed by atoms with van der Waals surface area (Å²) in [5.74, 6) is 5.81. The molecule has 16 heavy (non-hydrogen) atoms. The molecular weight excluding hydrogens is 200 g/mol. The monoisotopic (exact) mass is 222 g/mol. The van der Waals surface area contributed by atoms with E-state index in [-0.39, 0.29) is 0 Å². The molecule has 0 spiro atoms. The molecule has 0 atom stereocenters. The van der Waals surface area contributed by atoms with Crippen LogP contribution in [0.1, 0.15) is 51.4 Å². The van der Waals surface area contributed by atoms with E-state index in [4.69, 9.17) is 16.4 Å². The van der Waals surface area contributed by atoms with Gasteiger partial charge in [0.25, 0.3) is 0 Å². The second-order valence-corrected chi connectivity index (χ2v) is 3.97. The molecule has 2 N–H and O–H groups in total. The fourth-order valence-corrected chi connectivity index (χ4v) is 1.50. The topological polar surface area (TPSA) is 76.8 Å². The maximum absolute atomic E-state index is 8.35. The summed E-state index contributed by atoms with van der Waals surface area (Å²) in [6, 6.07) is 4.28. The van der Waals surface area contributed by atoms with Crippen molar-refractivity contribution in [1.82, 2.24) is 5.01 Å². The van der Waals surface area contributed by atoms with Crippen LogP contribution in [0.5, 0.6) is 0 Å². The molecule has 0 aliphatic carbocycles. The molecule has 0 unspecified atom stereocenters. The molecule has 0 bridgehead atoms. The molecule has 0 aromatic rings. The van der Waals surface area contributed by atoms with E-state index in [0.717, 1.165) is 51.6 Å². The normalized spacial score (nSPS) is 10.0. The summed E-state index contributed by atoms with van der Waals surface area (Å²) in [6.45, 7) is 1.81. The van der Waals surface area contributed by atoms with Crippen molar-refractivity contribution in [3.05, 3.63) is 0 Å². The highest BCUT2D eigenvalue weighted by molar-refractivity contribution is 4.68. The largest absolute Gasteiger partial charge is 0.269 e. The molecule has 0 saturated heterocycles. The molecule has 0 aromatic carbocycles. The number of hydrogen-bond acceptors (Lipinski definition) is 4. The van der Waals surface area contributed by atoms with Crippen LogP contribution in [-0.2, 0) is 0 Å². The van der Waals surface area contributed by atoms with Crippen LogP contribution in [-0.4, -0.2) is 18.1 Å². The van der Waals surface area contributed by atoms with Crippen LogP contribution in [0.2, 0.25) is 0 Å². The van der Waals surface area contributed by atoms with Gasteiger partial charge in [0.05, 0.1) is 12.1 Å². The van der Waals surface area contributed by atoms with Crippen LogP contribution in [0.4, 0.5) is 0 Å². The van der Waals surface area contributed by atoms with Gasteiger partial charge in [-0.3, -0.25) is 5.84 Å². The first-order chi connectivity index (χ1) is 7.81. The molecule has 90 valence electrons. The minimum absolute atomic E-state index is 0.652. The predicted octanol–water partition coefficient (Wildman–Crippen LogP) is 2.33. The van der Waals surface area contributed by atoms with Crippen LogP contribution in [0.3, 0.4) is 0 Å². The Hall–Kier alpha value is -1.10. The predicted molar refractivity (Wildman–Crippen MR) is 63.9 cm³/mol. The summed E-state index contributed by atoms with van der Waals surface area (Å²) >= 11 is 0. The summed E-state index contributed by atoms with van der Waals surface area (Å²) in [6.07, 6.45) is 7.55. The summed E-state index contributed by atoms with van der Waals surface area (Å²) < 4.78 is 0. The molecule has 0 amide bonds. The Morgan fingerprint density at radius 2 is 1.19 bits per heavy atom. The highest BCUT2D eigenvalue weighted by Gasteiger charge is 1.98. The molecular formula is C12H22N4. The number of nitrogens with zero attached hydrogens (tertiary/aromatic N) is 3. The van der Waals surface area contributed by atoms with Crippen molar-refractivity contribution >= 4 is 0 Å². The SMILES string of the molecule is N#CCCCCCN(N)CCCCCC#N. The average molecular weight is 222 g/mol. The van der Waals surface area contributed by atoms with Crippen LogP contribution in [0, 0.1) is 22.7 Å². The lowest BCUT2D eigenvalue weighted by Crippen LogP contribution is -2.32. The molecule has 0 heterocycles. The average Bonchev–Trinajstić information content (AvgIpc) is 2.28. The second-order valence-electron chi connectivity index (χ2n) is 3.97. The molecule has 0 rings (SSSR count). The first kappa shape index (κ1) is 14.9. The number of rotatable bonds is 10. The van der Waals surface area contributed by atoms with E-state index in [9.17, 15) is 0 Å². The third kappa shape index (κ3) is 11.0. The first-order valence-electron chi connectivity index (χ1n) is 6.04. The van der Waals surface area contributed by atoms with Crippen molar-refractivity contribution in [2.24, 2.45) is 5.84 Å². The van der Waals surface area contributed by atoms with Crippen molar-refractivity contribution < 1.29 is 0 Å². The number of hydrogen-bond donors (Lipinski definition) is 1. The second kappa shape index (κ2) is 12.0. The van der Waals surface area contributed by atoms with Gasteiger partial charge in [-0.1, -0.05) is 12.8 Å². The molecule has 0 fully saturated rings. The van der Waals surface area contributed by atoms with E-state index in [1.165, 1.54) is 0 Å². The highest BCUT2D eigenvalue weighted by Crippen LogP contribution is 2.02. The van der Waals surface area contributed by atoms with E-state index in [1.54, 1.807) is 0 Å². The van der Waals surface area contributed by atoms with E-state index in [1.807, 2.05) is 5.01 Å².